The summed E-state index contributed by atoms with van der Waals surface area (Å²) in [6.45, 7) is 5.06. The van der Waals surface area contributed by atoms with E-state index in [4.69, 9.17) is 6.42 Å². The number of hydrogen-bond donors (Lipinski definition) is 1. The van der Waals surface area contributed by atoms with Crippen molar-refractivity contribution in [1.82, 2.24) is 9.97 Å². The highest BCUT2D eigenvalue weighted by molar-refractivity contribution is 9.10. The molecule has 0 saturated heterocycles. The number of aromatic nitrogens is 2. The number of terminal acetylenes is 1. The van der Waals surface area contributed by atoms with Crippen LogP contribution in [-0.2, 0) is 0 Å². The Kier molecular flexibility index (Phi) is 5.99. The van der Waals surface area contributed by atoms with Crippen LogP contribution in [0.1, 0.15) is 44.9 Å². The monoisotopic (exact) mass is 295 g/mol. The lowest BCUT2D eigenvalue weighted by molar-refractivity contribution is 0.760. The third kappa shape index (κ3) is 5.18. The molecule has 0 bridgehead atoms. The van der Waals surface area contributed by atoms with Gasteiger partial charge < -0.3 is 5.32 Å². The van der Waals surface area contributed by atoms with Gasteiger partial charge in [0.15, 0.2) is 0 Å². The summed E-state index contributed by atoms with van der Waals surface area (Å²) in [4.78, 5) is 8.79. The molecule has 0 aliphatic heterocycles. The first-order valence-electron chi connectivity index (χ1n) is 5.85. The predicted octanol–water partition coefficient (Wildman–Crippen LogP) is 3.58. The molecule has 1 N–H and O–H groups in total. The largest absolute Gasteiger partial charge is 0.370 e. The molecule has 0 aliphatic rings. The average Bonchev–Trinajstić information content (AvgIpc) is 2.28. The summed E-state index contributed by atoms with van der Waals surface area (Å²) in [5.41, 5.74) is 0. The van der Waals surface area contributed by atoms with Gasteiger partial charge in [-0.15, -0.1) is 12.3 Å². The zero-order chi connectivity index (χ0) is 12.7. The number of nitrogens with one attached hydrogen (secondary N) is 1. The summed E-state index contributed by atoms with van der Waals surface area (Å²) in [7, 11) is 0. The highest BCUT2D eigenvalue weighted by Crippen LogP contribution is 2.17. The molecular weight excluding hydrogens is 278 g/mol. The number of hydrogen-bond acceptors (Lipinski definition) is 3. The quantitative estimate of drug-likeness (QED) is 0.495. The summed E-state index contributed by atoms with van der Waals surface area (Å²) >= 11 is 3.40. The van der Waals surface area contributed by atoms with E-state index in [0.717, 1.165) is 42.1 Å². The maximum absolute atomic E-state index is 5.20. The van der Waals surface area contributed by atoms with E-state index in [1.165, 1.54) is 0 Å². The van der Waals surface area contributed by atoms with Gasteiger partial charge in [-0.2, -0.15) is 0 Å². The van der Waals surface area contributed by atoms with Crippen molar-refractivity contribution < 1.29 is 0 Å². The molecule has 1 rings (SSSR count). The van der Waals surface area contributed by atoms with Crippen LogP contribution in [0, 0.1) is 12.3 Å². The van der Waals surface area contributed by atoms with E-state index in [-0.39, 0.29) is 0 Å². The lowest BCUT2D eigenvalue weighted by Crippen LogP contribution is -2.07. The molecule has 1 aromatic rings. The summed E-state index contributed by atoms with van der Waals surface area (Å²) < 4.78 is 0.822. The maximum atomic E-state index is 5.20. The van der Waals surface area contributed by atoms with Crippen molar-refractivity contribution in [2.45, 2.75) is 39.0 Å². The van der Waals surface area contributed by atoms with Crippen molar-refractivity contribution >= 4 is 21.7 Å². The van der Waals surface area contributed by atoms with Crippen molar-refractivity contribution in [1.29, 1.82) is 0 Å². The number of nitrogens with zero attached hydrogens (tertiary/aromatic N) is 2. The Balaban J connectivity index is 2.50. The van der Waals surface area contributed by atoms with Crippen LogP contribution in [0.4, 0.5) is 5.82 Å². The van der Waals surface area contributed by atoms with E-state index in [2.05, 4.69) is 51.0 Å². The summed E-state index contributed by atoms with van der Waals surface area (Å²) in [5.74, 6) is 4.69. The molecule has 1 heterocycles. The van der Waals surface area contributed by atoms with Crippen molar-refractivity contribution in [2.75, 3.05) is 11.9 Å². The number of unbranched alkanes of at least 4 members (excludes halogenated alkanes) is 2. The number of halogens is 1. The molecule has 4 heteroatoms. The van der Waals surface area contributed by atoms with E-state index in [1.807, 2.05) is 6.07 Å². The molecule has 1 aromatic heterocycles. The van der Waals surface area contributed by atoms with Crippen molar-refractivity contribution in [3.63, 3.8) is 0 Å². The fraction of sp³-hybridized carbons (Fsp3) is 0.538. The Bertz CT molecular complexity index is 396. The average molecular weight is 296 g/mol. The second kappa shape index (κ2) is 7.29. The Hall–Kier alpha value is -1.08. The third-order valence-corrected chi connectivity index (χ3v) is 2.69. The van der Waals surface area contributed by atoms with Gasteiger partial charge in [-0.25, -0.2) is 9.97 Å². The number of anilines is 1. The summed E-state index contributed by atoms with van der Waals surface area (Å²) in [6, 6.07) is 1.90. The summed E-state index contributed by atoms with van der Waals surface area (Å²) in [5, 5.41) is 3.29. The van der Waals surface area contributed by atoms with Crippen LogP contribution in [0.15, 0.2) is 10.7 Å². The Labute approximate surface area is 112 Å². The van der Waals surface area contributed by atoms with Crippen molar-refractivity contribution in [2.24, 2.45) is 0 Å². The lowest BCUT2D eigenvalue weighted by atomic mass is 10.2. The van der Waals surface area contributed by atoms with Crippen molar-refractivity contribution in [3.8, 4) is 12.3 Å². The first kappa shape index (κ1) is 14.0. The Morgan fingerprint density at radius 2 is 2.18 bits per heavy atom. The lowest BCUT2D eigenvalue weighted by Gasteiger charge is -2.09. The predicted molar refractivity (Wildman–Crippen MR) is 75.0 cm³/mol. The topological polar surface area (TPSA) is 37.8 Å². The van der Waals surface area contributed by atoms with Gasteiger partial charge in [0.1, 0.15) is 16.2 Å². The molecular formula is C13H18BrN3. The first-order valence-corrected chi connectivity index (χ1v) is 6.64. The fourth-order valence-electron chi connectivity index (χ4n) is 1.35. The van der Waals surface area contributed by atoms with Gasteiger partial charge in [0, 0.05) is 24.9 Å². The first-order chi connectivity index (χ1) is 8.13. The minimum atomic E-state index is 0.328. The molecule has 0 saturated carbocycles. The molecule has 0 radical (unpaired) electrons. The molecule has 92 valence electrons. The molecule has 0 unspecified atom stereocenters. The molecule has 0 aromatic carbocycles. The highest BCUT2D eigenvalue weighted by Gasteiger charge is 2.06. The van der Waals surface area contributed by atoms with Gasteiger partial charge in [0.25, 0.3) is 0 Å². The fourth-order valence-corrected chi connectivity index (χ4v) is 1.75. The summed E-state index contributed by atoms with van der Waals surface area (Å²) in [6.07, 6.45) is 8.14. The number of rotatable bonds is 6. The smallest absolute Gasteiger partial charge is 0.134 e. The van der Waals surface area contributed by atoms with Crippen LogP contribution in [0.25, 0.3) is 0 Å². The van der Waals surface area contributed by atoms with Gasteiger partial charge >= 0.3 is 0 Å². The Morgan fingerprint density at radius 1 is 1.41 bits per heavy atom. The highest BCUT2D eigenvalue weighted by atomic mass is 79.9. The van der Waals surface area contributed by atoms with Crippen LogP contribution in [0.3, 0.4) is 0 Å². The van der Waals surface area contributed by atoms with Gasteiger partial charge in [-0.1, -0.05) is 13.8 Å². The van der Waals surface area contributed by atoms with Gasteiger partial charge in [0.2, 0.25) is 0 Å². The molecule has 0 aliphatic carbocycles. The standard InChI is InChI=1S/C13H18BrN3/c1-4-5-6-7-8-15-12-9-11(14)16-13(17-12)10(2)3/h1,9-10H,5-8H2,2-3H3,(H,15,16,17). The minimum Gasteiger partial charge on any atom is -0.370 e. The molecule has 0 amide bonds. The van der Waals surface area contributed by atoms with E-state index >= 15 is 0 Å². The SMILES string of the molecule is C#CCCCCNc1cc(Br)nc(C(C)C)n1. The molecule has 0 spiro atoms. The third-order valence-electron chi connectivity index (χ3n) is 2.28. The second-order valence-corrected chi connectivity index (χ2v) is 4.99. The minimum absolute atomic E-state index is 0.328. The van der Waals surface area contributed by atoms with Crippen LogP contribution < -0.4 is 5.32 Å². The van der Waals surface area contributed by atoms with E-state index < -0.39 is 0 Å². The van der Waals surface area contributed by atoms with Crippen LogP contribution >= 0.6 is 15.9 Å². The van der Waals surface area contributed by atoms with Crippen molar-refractivity contribution in [3.05, 3.63) is 16.5 Å². The van der Waals surface area contributed by atoms with E-state index in [1.54, 1.807) is 0 Å². The van der Waals surface area contributed by atoms with E-state index in [9.17, 15) is 0 Å². The van der Waals surface area contributed by atoms with Crippen LogP contribution in [-0.4, -0.2) is 16.5 Å². The van der Waals surface area contributed by atoms with Gasteiger partial charge in [0.05, 0.1) is 0 Å². The zero-order valence-electron chi connectivity index (χ0n) is 10.3. The van der Waals surface area contributed by atoms with Crippen LogP contribution in [0.2, 0.25) is 0 Å². The molecule has 3 nitrogen and oxygen atoms in total. The van der Waals surface area contributed by atoms with E-state index in [0.29, 0.717) is 5.92 Å². The maximum Gasteiger partial charge on any atom is 0.134 e. The van der Waals surface area contributed by atoms with Gasteiger partial charge in [-0.05, 0) is 28.8 Å². The zero-order valence-corrected chi connectivity index (χ0v) is 11.9. The molecule has 0 atom stereocenters. The molecule has 17 heavy (non-hydrogen) atoms. The van der Waals surface area contributed by atoms with Crippen LogP contribution in [0.5, 0.6) is 0 Å². The normalized spacial score (nSPS) is 10.3. The molecule has 0 fully saturated rings. The second-order valence-electron chi connectivity index (χ2n) is 4.18. The Morgan fingerprint density at radius 3 is 2.82 bits per heavy atom. The van der Waals surface area contributed by atoms with Gasteiger partial charge in [-0.3, -0.25) is 0 Å².